The van der Waals surface area contributed by atoms with E-state index in [2.05, 4.69) is 12.2 Å². The van der Waals surface area contributed by atoms with Crippen molar-refractivity contribution in [1.82, 2.24) is 5.32 Å². The van der Waals surface area contributed by atoms with Crippen LogP contribution in [0.2, 0.25) is 0 Å². The van der Waals surface area contributed by atoms with Gasteiger partial charge in [-0.1, -0.05) is 13.0 Å². The molecule has 0 aliphatic heterocycles. The van der Waals surface area contributed by atoms with Gasteiger partial charge in [-0.15, -0.1) is 0 Å². The van der Waals surface area contributed by atoms with E-state index in [0.29, 0.717) is 12.6 Å². The summed E-state index contributed by atoms with van der Waals surface area (Å²) < 4.78 is 25.7. The lowest BCUT2D eigenvalue weighted by atomic mass is 10.1. The summed E-state index contributed by atoms with van der Waals surface area (Å²) in [6.07, 6.45) is 3.68. The lowest BCUT2D eigenvalue weighted by molar-refractivity contribution is 0.447. The first-order valence-corrected chi connectivity index (χ1v) is 5.88. The van der Waals surface area contributed by atoms with Crippen molar-refractivity contribution in [2.24, 2.45) is 5.92 Å². The zero-order valence-electron chi connectivity index (χ0n) is 9.47. The second-order valence-corrected chi connectivity index (χ2v) is 4.48. The van der Waals surface area contributed by atoms with Gasteiger partial charge >= 0.3 is 0 Å². The topological polar surface area (TPSA) is 12.0 Å². The number of benzene rings is 1. The molecule has 0 spiro atoms. The molecule has 1 atom stereocenters. The van der Waals surface area contributed by atoms with Crippen LogP contribution in [0.4, 0.5) is 8.78 Å². The van der Waals surface area contributed by atoms with E-state index in [1.165, 1.54) is 25.0 Å². The molecule has 0 saturated heterocycles. The number of hydrogen-bond acceptors (Lipinski definition) is 1. The quantitative estimate of drug-likeness (QED) is 0.811. The van der Waals surface area contributed by atoms with E-state index in [-0.39, 0.29) is 0 Å². The van der Waals surface area contributed by atoms with Crippen LogP contribution in [-0.4, -0.2) is 6.04 Å². The number of nitrogens with one attached hydrogen (secondary N) is 1. The minimum absolute atomic E-state index is 0.521. The van der Waals surface area contributed by atoms with E-state index in [9.17, 15) is 8.78 Å². The zero-order chi connectivity index (χ0) is 11.5. The van der Waals surface area contributed by atoms with Gasteiger partial charge in [0.2, 0.25) is 0 Å². The summed E-state index contributed by atoms with van der Waals surface area (Å²) in [5.41, 5.74) is 0.804. The van der Waals surface area contributed by atoms with E-state index in [4.69, 9.17) is 0 Å². The molecule has 1 saturated carbocycles. The van der Waals surface area contributed by atoms with Gasteiger partial charge in [-0.3, -0.25) is 0 Å². The molecule has 1 aliphatic rings. The van der Waals surface area contributed by atoms with Crippen LogP contribution < -0.4 is 5.32 Å². The van der Waals surface area contributed by atoms with Crippen LogP contribution in [0.1, 0.15) is 31.7 Å². The third kappa shape index (κ3) is 2.79. The SMILES string of the molecule is CCC(NCc1ccc(F)c(F)c1)C1CC1. The van der Waals surface area contributed by atoms with E-state index < -0.39 is 11.6 Å². The normalized spacial score (nSPS) is 17.4. The molecule has 0 heterocycles. The molecular formula is C13H17F2N. The maximum Gasteiger partial charge on any atom is 0.159 e. The summed E-state index contributed by atoms with van der Waals surface area (Å²) in [7, 11) is 0. The first-order chi connectivity index (χ1) is 7.70. The molecule has 1 N–H and O–H groups in total. The molecule has 1 aromatic rings. The number of rotatable bonds is 5. The number of hydrogen-bond donors (Lipinski definition) is 1. The van der Waals surface area contributed by atoms with Gasteiger partial charge in [0.1, 0.15) is 0 Å². The van der Waals surface area contributed by atoms with Crippen LogP contribution in [0, 0.1) is 17.6 Å². The fourth-order valence-electron chi connectivity index (χ4n) is 2.04. The van der Waals surface area contributed by atoms with Gasteiger partial charge in [0.15, 0.2) is 11.6 Å². The Balaban J connectivity index is 1.90. The maximum absolute atomic E-state index is 13.0. The molecule has 0 aromatic heterocycles. The predicted molar refractivity (Wildman–Crippen MR) is 60.0 cm³/mol. The Labute approximate surface area is 94.9 Å². The molecule has 16 heavy (non-hydrogen) atoms. The molecule has 0 bridgehead atoms. The van der Waals surface area contributed by atoms with Gasteiger partial charge in [-0.05, 0) is 42.9 Å². The second-order valence-electron chi connectivity index (χ2n) is 4.48. The van der Waals surface area contributed by atoms with Crippen LogP contribution in [0.3, 0.4) is 0 Å². The lowest BCUT2D eigenvalue weighted by Gasteiger charge is -2.16. The zero-order valence-corrected chi connectivity index (χ0v) is 9.47. The average Bonchev–Trinajstić information content (AvgIpc) is 3.08. The second kappa shape index (κ2) is 4.91. The summed E-state index contributed by atoms with van der Waals surface area (Å²) in [5, 5.41) is 3.41. The Morgan fingerprint density at radius 1 is 1.31 bits per heavy atom. The Bertz CT molecular complexity index is 361. The molecule has 1 fully saturated rings. The lowest BCUT2D eigenvalue weighted by Crippen LogP contribution is -2.29. The summed E-state index contributed by atoms with van der Waals surface area (Å²) >= 11 is 0. The monoisotopic (exact) mass is 225 g/mol. The van der Waals surface area contributed by atoms with Gasteiger partial charge in [-0.2, -0.15) is 0 Å². The van der Waals surface area contributed by atoms with E-state index in [1.54, 1.807) is 6.07 Å². The van der Waals surface area contributed by atoms with Crippen LogP contribution in [0.25, 0.3) is 0 Å². The highest BCUT2D eigenvalue weighted by atomic mass is 19.2. The van der Waals surface area contributed by atoms with Gasteiger partial charge in [0.25, 0.3) is 0 Å². The summed E-state index contributed by atoms with van der Waals surface area (Å²) in [6, 6.07) is 4.60. The smallest absolute Gasteiger partial charge is 0.159 e. The van der Waals surface area contributed by atoms with Crippen molar-refractivity contribution in [2.75, 3.05) is 0 Å². The Morgan fingerprint density at radius 2 is 2.06 bits per heavy atom. The molecule has 1 aromatic carbocycles. The molecule has 0 radical (unpaired) electrons. The highest BCUT2D eigenvalue weighted by Gasteiger charge is 2.29. The highest BCUT2D eigenvalue weighted by molar-refractivity contribution is 5.17. The van der Waals surface area contributed by atoms with Gasteiger partial charge in [-0.25, -0.2) is 8.78 Å². The molecular weight excluding hydrogens is 208 g/mol. The molecule has 3 heteroatoms. The van der Waals surface area contributed by atoms with Crippen LogP contribution >= 0.6 is 0 Å². The Morgan fingerprint density at radius 3 is 2.62 bits per heavy atom. The summed E-state index contributed by atoms with van der Waals surface area (Å²) in [6.45, 7) is 2.77. The maximum atomic E-state index is 13.0. The fourth-order valence-corrected chi connectivity index (χ4v) is 2.04. The first-order valence-electron chi connectivity index (χ1n) is 5.88. The standard InChI is InChI=1S/C13H17F2N/c1-2-13(10-4-5-10)16-8-9-3-6-11(14)12(15)7-9/h3,6-7,10,13,16H,2,4-5,8H2,1H3. The molecule has 2 rings (SSSR count). The van der Waals surface area contributed by atoms with Crippen LogP contribution in [0.5, 0.6) is 0 Å². The summed E-state index contributed by atoms with van der Waals surface area (Å²) in [4.78, 5) is 0. The highest BCUT2D eigenvalue weighted by Crippen LogP contribution is 2.33. The van der Waals surface area contributed by atoms with Crippen LogP contribution in [0.15, 0.2) is 18.2 Å². The average molecular weight is 225 g/mol. The largest absolute Gasteiger partial charge is 0.310 e. The van der Waals surface area contributed by atoms with Crippen molar-refractivity contribution in [3.8, 4) is 0 Å². The minimum Gasteiger partial charge on any atom is -0.310 e. The van der Waals surface area contributed by atoms with Crippen molar-refractivity contribution in [2.45, 2.75) is 38.8 Å². The molecule has 88 valence electrons. The Hall–Kier alpha value is -0.960. The van der Waals surface area contributed by atoms with E-state index in [1.807, 2.05) is 0 Å². The molecule has 1 unspecified atom stereocenters. The third-order valence-electron chi connectivity index (χ3n) is 3.18. The van der Waals surface area contributed by atoms with Crippen LogP contribution in [-0.2, 0) is 6.54 Å². The predicted octanol–water partition coefficient (Wildman–Crippen LogP) is 3.24. The van der Waals surface area contributed by atoms with Gasteiger partial charge in [0.05, 0.1) is 0 Å². The Kier molecular flexibility index (Phi) is 3.54. The molecule has 1 nitrogen and oxygen atoms in total. The minimum atomic E-state index is -0.780. The number of halogens is 2. The summed E-state index contributed by atoms with van der Waals surface area (Å²) in [5.74, 6) is -0.757. The van der Waals surface area contributed by atoms with Crippen molar-refractivity contribution in [3.05, 3.63) is 35.4 Å². The first kappa shape index (κ1) is 11.5. The molecule has 1 aliphatic carbocycles. The van der Waals surface area contributed by atoms with Crippen molar-refractivity contribution in [3.63, 3.8) is 0 Å². The van der Waals surface area contributed by atoms with Gasteiger partial charge < -0.3 is 5.32 Å². The third-order valence-corrected chi connectivity index (χ3v) is 3.18. The molecule has 0 amide bonds. The van der Waals surface area contributed by atoms with E-state index >= 15 is 0 Å². The van der Waals surface area contributed by atoms with Crippen molar-refractivity contribution < 1.29 is 8.78 Å². The van der Waals surface area contributed by atoms with E-state index in [0.717, 1.165) is 17.9 Å². The van der Waals surface area contributed by atoms with Crippen molar-refractivity contribution >= 4 is 0 Å². The van der Waals surface area contributed by atoms with Gasteiger partial charge in [0, 0.05) is 12.6 Å². The van der Waals surface area contributed by atoms with Crippen molar-refractivity contribution in [1.29, 1.82) is 0 Å². The fraction of sp³-hybridized carbons (Fsp3) is 0.538.